The van der Waals surface area contributed by atoms with Gasteiger partial charge >= 0.3 is 12.1 Å². The molecule has 10 heteroatoms. The molecule has 0 radical (unpaired) electrons. The molecule has 6 nitrogen and oxygen atoms in total. The van der Waals surface area contributed by atoms with Crippen LogP contribution in [0, 0.1) is 13.8 Å². The van der Waals surface area contributed by atoms with Gasteiger partial charge in [-0.15, -0.1) is 0 Å². The van der Waals surface area contributed by atoms with Crippen LogP contribution >= 0.6 is 0 Å². The van der Waals surface area contributed by atoms with Crippen molar-refractivity contribution in [3.8, 4) is 0 Å². The van der Waals surface area contributed by atoms with Crippen molar-refractivity contribution < 1.29 is 31.5 Å². The number of carboxylic acids is 1. The highest BCUT2D eigenvalue weighted by molar-refractivity contribution is 7.89. The van der Waals surface area contributed by atoms with Crippen LogP contribution in [0.15, 0.2) is 4.90 Å². The van der Waals surface area contributed by atoms with Crippen molar-refractivity contribution in [1.29, 1.82) is 0 Å². The number of aryl methyl sites for hydroxylation is 1. The zero-order valence-corrected chi connectivity index (χ0v) is 11.9. The van der Waals surface area contributed by atoms with E-state index < -0.39 is 32.6 Å². The van der Waals surface area contributed by atoms with E-state index in [-0.39, 0.29) is 29.8 Å². The van der Waals surface area contributed by atoms with Gasteiger partial charge in [-0.2, -0.15) is 17.9 Å². The molecule has 0 unspecified atom stereocenters. The van der Waals surface area contributed by atoms with Crippen molar-refractivity contribution in [3.63, 3.8) is 0 Å². The summed E-state index contributed by atoms with van der Waals surface area (Å²) < 4.78 is 64.6. The maximum Gasteiger partial charge on any atom is 0.407 e. The van der Waals surface area contributed by atoms with Gasteiger partial charge in [0.15, 0.2) is 0 Å². The van der Waals surface area contributed by atoms with E-state index in [1.54, 1.807) is 4.72 Å². The maximum atomic E-state index is 12.8. The topological polar surface area (TPSA) is 99.3 Å². The molecule has 0 atom stereocenters. The lowest BCUT2D eigenvalue weighted by atomic mass is 10.2. The average molecular weight is 326 g/mol. The molecule has 1 aromatic heterocycles. The van der Waals surface area contributed by atoms with Crippen LogP contribution in [-0.2, 0) is 10.0 Å². The van der Waals surface area contributed by atoms with E-state index in [1.165, 1.54) is 13.8 Å². The second-order valence-corrected chi connectivity index (χ2v) is 6.69. The summed E-state index contributed by atoms with van der Waals surface area (Å²) >= 11 is 0. The van der Waals surface area contributed by atoms with E-state index in [4.69, 9.17) is 5.11 Å². The summed E-state index contributed by atoms with van der Waals surface area (Å²) in [7, 11) is -4.48. The third-order valence-electron chi connectivity index (χ3n) is 3.47. The number of carbonyl (C=O) groups is 1. The van der Waals surface area contributed by atoms with Gasteiger partial charge in [-0.25, -0.2) is 13.2 Å². The summed E-state index contributed by atoms with van der Waals surface area (Å²) in [5.74, 6) is -1.38. The second kappa shape index (κ2) is 4.47. The predicted molar refractivity (Wildman–Crippen MR) is 65.6 cm³/mol. The first-order chi connectivity index (χ1) is 9.41. The molecular formula is C11H13F3N2O4S. The SMILES string of the molecule is Cc1[nH]c(C(=O)O)c(C)c1S(=O)(=O)NC1(C(F)(F)F)CC1. The summed E-state index contributed by atoms with van der Waals surface area (Å²) in [5, 5.41) is 8.92. The molecule has 3 N–H and O–H groups in total. The maximum absolute atomic E-state index is 12.8. The van der Waals surface area contributed by atoms with E-state index in [9.17, 15) is 26.4 Å². The number of sulfonamides is 1. The lowest BCUT2D eigenvalue weighted by molar-refractivity contribution is -0.160. The Balaban J connectivity index is 2.45. The molecule has 1 saturated carbocycles. The Labute approximate surface area is 118 Å². The van der Waals surface area contributed by atoms with Crippen LogP contribution in [0.3, 0.4) is 0 Å². The van der Waals surface area contributed by atoms with Crippen LogP contribution in [0.5, 0.6) is 0 Å². The van der Waals surface area contributed by atoms with Gasteiger partial charge in [0, 0.05) is 11.3 Å². The molecule has 2 rings (SSSR count). The van der Waals surface area contributed by atoms with Gasteiger partial charge < -0.3 is 10.1 Å². The molecule has 1 heterocycles. The molecule has 0 aromatic carbocycles. The smallest absolute Gasteiger partial charge is 0.407 e. The minimum absolute atomic E-state index is 0.0182. The molecule has 0 bridgehead atoms. The quantitative estimate of drug-likeness (QED) is 0.784. The number of hydrogen-bond donors (Lipinski definition) is 3. The number of alkyl halides is 3. The molecule has 0 aliphatic heterocycles. The monoisotopic (exact) mass is 326 g/mol. The fourth-order valence-electron chi connectivity index (χ4n) is 2.23. The zero-order chi connectivity index (χ0) is 16.2. The molecular weight excluding hydrogens is 313 g/mol. The minimum Gasteiger partial charge on any atom is -0.477 e. The molecule has 1 fully saturated rings. The fraction of sp³-hybridized carbons (Fsp3) is 0.545. The Morgan fingerprint density at radius 3 is 2.19 bits per heavy atom. The zero-order valence-electron chi connectivity index (χ0n) is 11.1. The molecule has 1 aromatic rings. The number of nitrogens with one attached hydrogen (secondary N) is 2. The Hall–Kier alpha value is -1.55. The highest BCUT2D eigenvalue weighted by Gasteiger charge is 2.65. The van der Waals surface area contributed by atoms with Crippen LogP contribution in [0.25, 0.3) is 0 Å². The number of aromatic amines is 1. The van der Waals surface area contributed by atoms with E-state index in [1.807, 2.05) is 0 Å². The van der Waals surface area contributed by atoms with Crippen molar-refractivity contribution in [2.45, 2.75) is 43.3 Å². The highest BCUT2D eigenvalue weighted by atomic mass is 32.2. The summed E-state index contributed by atoms with van der Waals surface area (Å²) in [5.41, 5.74) is -2.93. The lowest BCUT2D eigenvalue weighted by Gasteiger charge is -2.20. The third kappa shape index (κ3) is 2.53. The molecule has 0 spiro atoms. The van der Waals surface area contributed by atoms with Crippen LogP contribution < -0.4 is 4.72 Å². The predicted octanol–water partition coefficient (Wildman–Crippen LogP) is 1.70. The Kier molecular flexibility index (Phi) is 3.37. The largest absolute Gasteiger partial charge is 0.477 e. The summed E-state index contributed by atoms with van der Waals surface area (Å²) in [6.45, 7) is 2.52. The second-order valence-electron chi connectivity index (χ2n) is 5.07. The molecule has 21 heavy (non-hydrogen) atoms. The van der Waals surface area contributed by atoms with E-state index in [0.717, 1.165) is 0 Å². The van der Waals surface area contributed by atoms with E-state index in [2.05, 4.69) is 4.98 Å². The molecule has 0 saturated heterocycles. The minimum atomic E-state index is -4.69. The first kappa shape index (κ1) is 15.8. The van der Waals surface area contributed by atoms with Crippen molar-refractivity contribution >= 4 is 16.0 Å². The Bertz CT molecular complexity index is 702. The van der Waals surface area contributed by atoms with Gasteiger partial charge in [-0.05, 0) is 26.7 Å². The number of aromatic carboxylic acids is 1. The number of halogens is 3. The van der Waals surface area contributed by atoms with Gasteiger partial charge in [0.2, 0.25) is 10.0 Å². The van der Waals surface area contributed by atoms with Crippen LogP contribution in [0.1, 0.15) is 34.6 Å². The van der Waals surface area contributed by atoms with Crippen LogP contribution in [0.4, 0.5) is 13.2 Å². The Morgan fingerprint density at radius 1 is 1.33 bits per heavy atom. The number of H-pyrrole nitrogens is 1. The number of hydrogen-bond acceptors (Lipinski definition) is 3. The first-order valence-electron chi connectivity index (χ1n) is 5.94. The van der Waals surface area contributed by atoms with Crippen LogP contribution in [0.2, 0.25) is 0 Å². The van der Waals surface area contributed by atoms with Crippen molar-refractivity contribution in [2.24, 2.45) is 0 Å². The van der Waals surface area contributed by atoms with Crippen molar-refractivity contribution in [3.05, 3.63) is 17.0 Å². The first-order valence-corrected chi connectivity index (χ1v) is 7.43. The van der Waals surface area contributed by atoms with Gasteiger partial charge in [0.25, 0.3) is 0 Å². The average Bonchev–Trinajstić information content (AvgIpc) is 2.97. The molecule has 1 aliphatic carbocycles. The lowest BCUT2D eigenvalue weighted by Crippen LogP contribution is -2.47. The summed E-state index contributed by atoms with van der Waals surface area (Å²) in [6, 6.07) is 0. The summed E-state index contributed by atoms with van der Waals surface area (Å²) in [4.78, 5) is 12.9. The number of aromatic nitrogens is 1. The third-order valence-corrected chi connectivity index (χ3v) is 5.28. The molecule has 1 aliphatic rings. The van der Waals surface area contributed by atoms with Gasteiger partial charge in [-0.3, -0.25) is 0 Å². The van der Waals surface area contributed by atoms with Crippen molar-refractivity contribution in [1.82, 2.24) is 9.71 Å². The number of carboxylic acid groups (broad SMARTS) is 1. The molecule has 0 amide bonds. The van der Waals surface area contributed by atoms with Crippen molar-refractivity contribution in [2.75, 3.05) is 0 Å². The normalized spacial score (nSPS) is 17.8. The van der Waals surface area contributed by atoms with Gasteiger partial charge in [0.1, 0.15) is 16.1 Å². The van der Waals surface area contributed by atoms with E-state index in [0.29, 0.717) is 0 Å². The fourth-order valence-corrected chi connectivity index (χ4v) is 4.12. The summed E-state index contributed by atoms with van der Waals surface area (Å²) in [6.07, 6.45) is -5.35. The van der Waals surface area contributed by atoms with Gasteiger partial charge in [-0.1, -0.05) is 0 Å². The highest BCUT2D eigenvalue weighted by Crippen LogP contribution is 2.50. The standard InChI is InChI=1S/C11H13F3N2O4S/c1-5-7(9(17)18)15-6(2)8(5)21(19,20)16-10(3-4-10)11(12,13)14/h15-16H,3-4H2,1-2H3,(H,17,18). The Morgan fingerprint density at radius 2 is 1.86 bits per heavy atom. The van der Waals surface area contributed by atoms with E-state index >= 15 is 0 Å². The van der Waals surface area contributed by atoms with Crippen LogP contribution in [-0.4, -0.2) is 36.2 Å². The number of rotatable bonds is 4. The molecule has 118 valence electrons. The van der Waals surface area contributed by atoms with Gasteiger partial charge in [0.05, 0.1) is 0 Å².